The van der Waals surface area contributed by atoms with Crippen molar-refractivity contribution in [1.29, 1.82) is 0 Å². The first-order valence-corrected chi connectivity index (χ1v) is 9.21. The van der Waals surface area contributed by atoms with Gasteiger partial charge in [0.25, 0.3) is 0 Å². The van der Waals surface area contributed by atoms with Crippen molar-refractivity contribution in [2.45, 2.75) is 59.0 Å². The molecule has 0 saturated carbocycles. The summed E-state index contributed by atoms with van der Waals surface area (Å²) >= 11 is 0. The van der Waals surface area contributed by atoms with E-state index in [-0.39, 0.29) is 12.1 Å². The maximum atomic E-state index is 11.4. The summed E-state index contributed by atoms with van der Waals surface area (Å²) in [5.41, 5.74) is 0. The molecule has 1 unspecified atom stereocenters. The molecular weight excluding hydrogens is 312 g/mol. The quantitative estimate of drug-likeness (QED) is 0.280. The lowest BCUT2D eigenvalue weighted by Crippen LogP contribution is -2.20. The molecule has 0 aliphatic rings. The van der Waals surface area contributed by atoms with Gasteiger partial charge in [0.15, 0.2) is 0 Å². The maximum Gasteiger partial charge on any atom is 0.305 e. The zero-order chi connectivity index (χ0) is 17.9. The van der Waals surface area contributed by atoms with Gasteiger partial charge < -0.3 is 23.7 Å². The number of unbranched alkanes of at least 4 members (excludes halogenated alkanes) is 2. The molecule has 0 fully saturated rings. The third-order valence-electron chi connectivity index (χ3n) is 3.24. The average Bonchev–Trinajstić information content (AvgIpc) is 2.57. The maximum absolute atomic E-state index is 11.4. The highest BCUT2D eigenvalue weighted by molar-refractivity contribution is 5.69. The predicted octanol–water partition coefficient (Wildman–Crippen LogP) is 2.97. The van der Waals surface area contributed by atoms with Crippen LogP contribution in [0.15, 0.2) is 0 Å². The first-order valence-electron chi connectivity index (χ1n) is 9.21. The van der Waals surface area contributed by atoms with Gasteiger partial charge in [0.2, 0.25) is 0 Å². The molecule has 144 valence electrons. The minimum absolute atomic E-state index is 0.0355. The van der Waals surface area contributed by atoms with Crippen molar-refractivity contribution in [3.63, 3.8) is 0 Å². The van der Waals surface area contributed by atoms with Gasteiger partial charge in [0, 0.05) is 19.6 Å². The second-order valence-electron chi connectivity index (χ2n) is 5.60. The van der Waals surface area contributed by atoms with Crippen LogP contribution in [0.2, 0.25) is 0 Å². The third-order valence-corrected chi connectivity index (χ3v) is 3.24. The lowest BCUT2D eigenvalue weighted by atomic mass is 10.3. The Kier molecular flexibility index (Phi) is 18.1. The van der Waals surface area contributed by atoms with E-state index in [0.29, 0.717) is 65.7 Å². The van der Waals surface area contributed by atoms with Crippen molar-refractivity contribution < 1.29 is 28.5 Å². The fourth-order valence-electron chi connectivity index (χ4n) is 1.90. The first-order chi connectivity index (χ1) is 11.7. The van der Waals surface area contributed by atoms with Crippen LogP contribution in [0.25, 0.3) is 0 Å². The minimum Gasteiger partial charge on any atom is -0.466 e. The molecule has 0 spiro atoms. The summed E-state index contributed by atoms with van der Waals surface area (Å²) in [6, 6.07) is 0. The Hall–Kier alpha value is -0.690. The molecule has 0 aromatic heterocycles. The van der Waals surface area contributed by atoms with Gasteiger partial charge in [-0.25, -0.2) is 0 Å². The second kappa shape index (κ2) is 18.6. The van der Waals surface area contributed by atoms with Crippen molar-refractivity contribution in [3.8, 4) is 0 Å². The number of ether oxygens (including phenoxy) is 5. The van der Waals surface area contributed by atoms with E-state index in [1.807, 2.05) is 13.8 Å². The molecule has 0 aliphatic carbocycles. The van der Waals surface area contributed by atoms with E-state index < -0.39 is 0 Å². The summed E-state index contributed by atoms with van der Waals surface area (Å²) in [7, 11) is 0. The van der Waals surface area contributed by atoms with Crippen LogP contribution < -0.4 is 0 Å². The van der Waals surface area contributed by atoms with E-state index in [9.17, 15) is 4.79 Å². The number of rotatable bonds is 18. The molecule has 0 amide bonds. The molecule has 0 rings (SSSR count). The summed E-state index contributed by atoms with van der Waals surface area (Å²) in [6.45, 7) is 10.7. The van der Waals surface area contributed by atoms with Crippen LogP contribution in [0, 0.1) is 0 Å². The van der Waals surface area contributed by atoms with Crippen molar-refractivity contribution in [3.05, 3.63) is 0 Å². The fourth-order valence-corrected chi connectivity index (χ4v) is 1.90. The third kappa shape index (κ3) is 17.7. The Labute approximate surface area is 147 Å². The van der Waals surface area contributed by atoms with Gasteiger partial charge in [-0.15, -0.1) is 0 Å². The molecule has 0 bridgehead atoms. The molecule has 6 heteroatoms. The van der Waals surface area contributed by atoms with Gasteiger partial charge in [-0.2, -0.15) is 0 Å². The minimum atomic E-state index is -0.135. The zero-order valence-corrected chi connectivity index (χ0v) is 15.7. The number of hydrogen-bond donors (Lipinski definition) is 0. The van der Waals surface area contributed by atoms with Crippen molar-refractivity contribution in [1.82, 2.24) is 0 Å². The fraction of sp³-hybridized carbons (Fsp3) is 0.944. The van der Waals surface area contributed by atoms with Crippen LogP contribution in [0.5, 0.6) is 0 Å². The normalized spacial score (nSPS) is 12.3. The van der Waals surface area contributed by atoms with Crippen LogP contribution in [0.4, 0.5) is 0 Å². The largest absolute Gasteiger partial charge is 0.466 e. The van der Waals surface area contributed by atoms with E-state index in [0.717, 1.165) is 19.3 Å². The van der Waals surface area contributed by atoms with Crippen LogP contribution >= 0.6 is 0 Å². The first kappa shape index (κ1) is 23.3. The van der Waals surface area contributed by atoms with Gasteiger partial charge in [-0.3, -0.25) is 4.79 Å². The summed E-state index contributed by atoms with van der Waals surface area (Å²) in [5, 5.41) is 0. The molecule has 0 aromatic rings. The highest BCUT2D eigenvalue weighted by Crippen LogP contribution is 1.99. The number of carbonyl (C=O) groups excluding carboxylic acids is 1. The van der Waals surface area contributed by atoms with E-state index >= 15 is 0 Å². The van der Waals surface area contributed by atoms with Gasteiger partial charge in [0.05, 0.1) is 45.7 Å². The monoisotopic (exact) mass is 348 g/mol. The molecule has 0 saturated heterocycles. The molecule has 0 aliphatic heterocycles. The average molecular weight is 348 g/mol. The Morgan fingerprint density at radius 2 is 1.58 bits per heavy atom. The zero-order valence-electron chi connectivity index (χ0n) is 15.7. The molecule has 0 heterocycles. The van der Waals surface area contributed by atoms with E-state index in [2.05, 4.69) is 6.92 Å². The van der Waals surface area contributed by atoms with E-state index in [1.54, 1.807) is 0 Å². The van der Waals surface area contributed by atoms with Crippen LogP contribution in [-0.4, -0.2) is 64.9 Å². The Balaban J connectivity index is 3.24. The molecule has 0 aromatic carbocycles. The molecular formula is C18H36O6. The molecule has 0 radical (unpaired) electrons. The van der Waals surface area contributed by atoms with Crippen LogP contribution in [0.3, 0.4) is 0 Å². The summed E-state index contributed by atoms with van der Waals surface area (Å²) in [5.74, 6) is -0.135. The molecule has 6 nitrogen and oxygen atoms in total. The Morgan fingerprint density at radius 1 is 0.833 bits per heavy atom. The Bertz CT molecular complexity index is 272. The second-order valence-corrected chi connectivity index (χ2v) is 5.60. The highest BCUT2D eigenvalue weighted by atomic mass is 16.6. The Morgan fingerprint density at radius 3 is 2.33 bits per heavy atom. The molecule has 24 heavy (non-hydrogen) atoms. The van der Waals surface area contributed by atoms with Crippen molar-refractivity contribution in [2.24, 2.45) is 0 Å². The summed E-state index contributed by atoms with van der Waals surface area (Å²) in [6.07, 6.45) is 4.31. The predicted molar refractivity (Wildman–Crippen MR) is 93.3 cm³/mol. The van der Waals surface area contributed by atoms with Crippen LogP contribution in [-0.2, 0) is 28.5 Å². The standard InChI is InChI=1S/C18H36O6/c1-4-6-7-11-24-18(19)9-8-10-21-14-15-23-17(3)16-22-13-12-20-5-2/h17H,4-16H2,1-3H3. The lowest BCUT2D eigenvalue weighted by Gasteiger charge is -2.13. The van der Waals surface area contributed by atoms with Gasteiger partial charge in [-0.1, -0.05) is 19.8 Å². The topological polar surface area (TPSA) is 63.2 Å². The van der Waals surface area contributed by atoms with E-state index in [4.69, 9.17) is 23.7 Å². The molecule has 1 atom stereocenters. The van der Waals surface area contributed by atoms with Gasteiger partial charge >= 0.3 is 5.97 Å². The van der Waals surface area contributed by atoms with E-state index in [1.165, 1.54) is 0 Å². The van der Waals surface area contributed by atoms with Crippen LogP contribution in [0.1, 0.15) is 52.9 Å². The molecule has 0 N–H and O–H groups in total. The smallest absolute Gasteiger partial charge is 0.305 e. The SMILES string of the molecule is CCCCCOC(=O)CCCOCCOC(C)COCCOCC. The number of hydrogen-bond acceptors (Lipinski definition) is 6. The van der Waals surface area contributed by atoms with Crippen molar-refractivity contribution >= 4 is 5.97 Å². The van der Waals surface area contributed by atoms with Crippen molar-refractivity contribution in [2.75, 3.05) is 52.9 Å². The lowest BCUT2D eigenvalue weighted by molar-refractivity contribution is -0.144. The van der Waals surface area contributed by atoms with Gasteiger partial charge in [-0.05, 0) is 26.7 Å². The summed E-state index contributed by atoms with van der Waals surface area (Å²) in [4.78, 5) is 11.4. The number of esters is 1. The highest BCUT2D eigenvalue weighted by Gasteiger charge is 2.04. The van der Waals surface area contributed by atoms with Gasteiger partial charge in [0.1, 0.15) is 0 Å². The summed E-state index contributed by atoms with van der Waals surface area (Å²) < 4.78 is 26.7. The number of carbonyl (C=O) groups is 1.